The van der Waals surface area contributed by atoms with Crippen LogP contribution in [-0.2, 0) is 11.2 Å². The summed E-state index contributed by atoms with van der Waals surface area (Å²) < 4.78 is 0. The molecule has 0 radical (unpaired) electrons. The van der Waals surface area contributed by atoms with Crippen molar-refractivity contribution in [1.29, 1.82) is 0 Å². The van der Waals surface area contributed by atoms with Gasteiger partial charge >= 0.3 is 5.97 Å². The molecule has 2 rings (SSSR count). The molecule has 1 aliphatic heterocycles. The molecular formula is C11H16N2O2S. The predicted molar refractivity (Wildman–Crippen MR) is 64.1 cm³/mol. The van der Waals surface area contributed by atoms with E-state index in [-0.39, 0.29) is 6.42 Å². The molecule has 0 atom stereocenters. The van der Waals surface area contributed by atoms with Crippen molar-refractivity contribution in [3.8, 4) is 0 Å². The zero-order valence-electron chi connectivity index (χ0n) is 9.19. The van der Waals surface area contributed by atoms with Gasteiger partial charge in [-0.1, -0.05) is 0 Å². The summed E-state index contributed by atoms with van der Waals surface area (Å²) in [5, 5.41) is 9.65. The van der Waals surface area contributed by atoms with E-state index in [1.807, 2.05) is 6.20 Å². The molecule has 0 spiro atoms. The molecule has 0 unspecified atom stereocenters. The van der Waals surface area contributed by atoms with E-state index in [9.17, 15) is 4.79 Å². The number of aryl methyl sites for hydroxylation is 1. The minimum absolute atomic E-state index is 0.247. The van der Waals surface area contributed by atoms with E-state index in [0.717, 1.165) is 24.6 Å². The fourth-order valence-electron chi connectivity index (χ4n) is 1.88. The molecule has 1 aromatic rings. The average molecular weight is 240 g/mol. The fourth-order valence-corrected chi connectivity index (χ4v) is 2.88. The van der Waals surface area contributed by atoms with Crippen LogP contribution in [0.4, 0.5) is 5.13 Å². The van der Waals surface area contributed by atoms with Crippen molar-refractivity contribution in [2.75, 3.05) is 18.0 Å². The van der Waals surface area contributed by atoms with Crippen molar-refractivity contribution in [2.45, 2.75) is 32.1 Å². The number of nitrogens with zero attached hydrogens (tertiary/aromatic N) is 2. The van der Waals surface area contributed by atoms with E-state index in [4.69, 9.17) is 5.11 Å². The summed E-state index contributed by atoms with van der Waals surface area (Å²) in [6.07, 6.45) is 6.19. The summed E-state index contributed by atoms with van der Waals surface area (Å²) in [7, 11) is 0. The van der Waals surface area contributed by atoms with Crippen LogP contribution in [0.3, 0.4) is 0 Å². The van der Waals surface area contributed by atoms with Gasteiger partial charge in [-0.2, -0.15) is 0 Å². The van der Waals surface area contributed by atoms with E-state index < -0.39 is 5.97 Å². The van der Waals surface area contributed by atoms with Crippen LogP contribution < -0.4 is 4.90 Å². The third-order valence-corrected chi connectivity index (χ3v) is 3.85. The van der Waals surface area contributed by atoms with Gasteiger partial charge in [0.15, 0.2) is 5.13 Å². The average Bonchev–Trinajstić information content (AvgIpc) is 2.85. The van der Waals surface area contributed by atoms with Gasteiger partial charge in [0.25, 0.3) is 0 Å². The van der Waals surface area contributed by atoms with Crippen LogP contribution in [0.1, 0.15) is 30.6 Å². The molecule has 1 saturated heterocycles. The SMILES string of the molecule is O=C(O)CCCc1cnc(N2CCCC2)s1. The van der Waals surface area contributed by atoms with Crippen LogP contribution >= 0.6 is 11.3 Å². The van der Waals surface area contributed by atoms with E-state index >= 15 is 0 Å². The number of aromatic nitrogens is 1. The van der Waals surface area contributed by atoms with Crippen molar-refractivity contribution in [2.24, 2.45) is 0 Å². The first-order valence-corrected chi connectivity index (χ1v) is 6.49. The first kappa shape index (κ1) is 11.4. The zero-order valence-corrected chi connectivity index (χ0v) is 10.0. The van der Waals surface area contributed by atoms with Gasteiger partial charge in [-0.05, 0) is 25.7 Å². The lowest BCUT2D eigenvalue weighted by Crippen LogP contribution is -2.16. The third-order valence-electron chi connectivity index (χ3n) is 2.73. The Balaban J connectivity index is 1.84. The van der Waals surface area contributed by atoms with Crippen molar-refractivity contribution in [3.63, 3.8) is 0 Å². The summed E-state index contributed by atoms with van der Waals surface area (Å²) in [6.45, 7) is 2.23. The lowest BCUT2D eigenvalue weighted by Gasteiger charge is -2.11. The Morgan fingerprint density at radius 1 is 1.50 bits per heavy atom. The van der Waals surface area contributed by atoms with Crippen molar-refractivity contribution in [3.05, 3.63) is 11.1 Å². The molecule has 16 heavy (non-hydrogen) atoms. The maximum atomic E-state index is 10.4. The second-order valence-electron chi connectivity index (χ2n) is 4.05. The second kappa shape index (κ2) is 5.30. The molecule has 5 heteroatoms. The number of thiazole rings is 1. The highest BCUT2D eigenvalue weighted by Gasteiger charge is 2.15. The van der Waals surface area contributed by atoms with Crippen LogP contribution in [0.25, 0.3) is 0 Å². The molecule has 1 aliphatic rings. The zero-order chi connectivity index (χ0) is 11.4. The van der Waals surface area contributed by atoms with Gasteiger partial charge in [0.05, 0.1) is 0 Å². The predicted octanol–water partition coefficient (Wildman–Crippen LogP) is 2.15. The summed E-state index contributed by atoms with van der Waals surface area (Å²) in [5.74, 6) is -0.718. The van der Waals surface area contributed by atoms with Crippen molar-refractivity contribution in [1.82, 2.24) is 4.98 Å². The Bertz CT molecular complexity index is 359. The van der Waals surface area contributed by atoms with Gasteiger partial charge < -0.3 is 10.0 Å². The quantitative estimate of drug-likeness (QED) is 0.856. The lowest BCUT2D eigenvalue weighted by molar-refractivity contribution is -0.137. The largest absolute Gasteiger partial charge is 0.481 e. The molecule has 0 amide bonds. The number of hydrogen-bond acceptors (Lipinski definition) is 4. The third kappa shape index (κ3) is 2.95. The van der Waals surface area contributed by atoms with Crippen LogP contribution in [0, 0.1) is 0 Å². The Labute approximate surface area is 98.9 Å². The Morgan fingerprint density at radius 3 is 2.94 bits per heavy atom. The monoisotopic (exact) mass is 240 g/mol. The Kier molecular flexibility index (Phi) is 3.77. The molecule has 4 nitrogen and oxygen atoms in total. The fraction of sp³-hybridized carbons (Fsp3) is 0.636. The highest BCUT2D eigenvalue weighted by atomic mass is 32.1. The number of carbonyl (C=O) groups is 1. The normalized spacial score (nSPS) is 15.6. The number of carboxylic acids is 1. The Morgan fingerprint density at radius 2 is 2.25 bits per heavy atom. The number of carboxylic acid groups (broad SMARTS) is 1. The first-order valence-electron chi connectivity index (χ1n) is 5.67. The van der Waals surface area contributed by atoms with E-state index in [2.05, 4.69) is 9.88 Å². The summed E-state index contributed by atoms with van der Waals surface area (Å²) >= 11 is 1.70. The standard InChI is InChI=1S/C11H16N2O2S/c14-10(15)5-3-4-9-8-12-11(16-9)13-6-1-2-7-13/h8H,1-7H2,(H,14,15). The molecule has 2 heterocycles. The van der Waals surface area contributed by atoms with E-state index in [1.54, 1.807) is 11.3 Å². The van der Waals surface area contributed by atoms with Crippen LogP contribution in [0.2, 0.25) is 0 Å². The second-order valence-corrected chi connectivity index (χ2v) is 5.14. The van der Waals surface area contributed by atoms with E-state index in [1.165, 1.54) is 17.7 Å². The van der Waals surface area contributed by atoms with Gasteiger partial charge in [-0.15, -0.1) is 11.3 Å². The van der Waals surface area contributed by atoms with Crippen LogP contribution in [0.5, 0.6) is 0 Å². The van der Waals surface area contributed by atoms with Crippen LogP contribution in [0.15, 0.2) is 6.20 Å². The van der Waals surface area contributed by atoms with E-state index in [0.29, 0.717) is 6.42 Å². The van der Waals surface area contributed by atoms with Gasteiger partial charge in [0, 0.05) is 30.6 Å². The van der Waals surface area contributed by atoms with Gasteiger partial charge in [0.2, 0.25) is 0 Å². The molecule has 0 bridgehead atoms. The number of rotatable bonds is 5. The first-order chi connectivity index (χ1) is 7.75. The maximum absolute atomic E-state index is 10.4. The smallest absolute Gasteiger partial charge is 0.303 e. The molecule has 1 fully saturated rings. The molecule has 1 aromatic heterocycles. The summed E-state index contributed by atoms with van der Waals surface area (Å²) in [5.41, 5.74) is 0. The summed E-state index contributed by atoms with van der Waals surface area (Å²) in [4.78, 5) is 18.3. The minimum Gasteiger partial charge on any atom is -0.481 e. The molecule has 0 saturated carbocycles. The van der Waals surface area contributed by atoms with Gasteiger partial charge in [-0.25, -0.2) is 4.98 Å². The molecule has 1 N–H and O–H groups in total. The topological polar surface area (TPSA) is 53.4 Å². The molecule has 0 aromatic carbocycles. The number of hydrogen-bond donors (Lipinski definition) is 1. The number of aliphatic carboxylic acids is 1. The highest BCUT2D eigenvalue weighted by molar-refractivity contribution is 7.15. The number of anilines is 1. The molecular weight excluding hydrogens is 224 g/mol. The summed E-state index contributed by atoms with van der Waals surface area (Å²) in [6, 6.07) is 0. The minimum atomic E-state index is -0.718. The Hall–Kier alpha value is -1.10. The maximum Gasteiger partial charge on any atom is 0.303 e. The van der Waals surface area contributed by atoms with Crippen molar-refractivity contribution >= 4 is 22.4 Å². The molecule has 0 aliphatic carbocycles. The highest BCUT2D eigenvalue weighted by Crippen LogP contribution is 2.26. The molecule has 88 valence electrons. The van der Waals surface area contributed by atoms with Gasteiger partial charge in [-0.3, -0.25) is 4.79 Å². The van der Waals surface area contributed by atoms with Gasteiger partial charge in [0.1, 0.15) is 0 Å². The lowest BCUT2D eigenvalue weighted by atomic mass is 10.2. The van der Waals surface area contributed by atoms with Crippen LogP contribution in [-0.4, -0.2) is 29.1 Å². The van der Waals surface area contributed by atoms with Crippen molar-refractivity contribution < 1.29 is 9.90 Å².